The van der Waals surface area contributed by atoms with Gasteiger partial charge in [0.15, 0.2) is 0 Å². The van der Waals surface area contributed by atoms with Crippen LogP contribution in [0.25, 0.3) is 0 Å². The molecule has 0 fully saturated rings. The summed E-state index contributed by atoms with van der Waals surface area (Å²) in [6.07, 6.45) is 0.723. The summed E-state index contributed by atoms with van der Waals surface area (Å²) in [5, 5.41) is 22.6. The van der Waals surface area contributed by atoms with Crippen LogP contribution in [0.3, 0.4) is 0 Å². The van der Waals surface area contributed by atoms with Crippen molar-refractivity contribution < 1.29 is 14.4 Å². The maximum atomic E-state index is 10.9. The van der Waals surface area contributed by atoms with Crippen LogP contribution in [0.15, 0.2) is 18.2 Å². The highest BCUT2D eigenvalue weighted by Crippen LogP contribution is 2.25. The molecule has 0 aliphatic heterocycles. The molecule has 7 heteroatoms. The van der Waals surface area contributed by atoms with Gasteiger partial charge < -0.3 is 14.8 Å². The molecular formula is C13H17N3O4. The largest absolute Gasteiger partial charge is 0.382 e. The van der Waals surface area contributed by atoms with Gasteiger partial charge in [0.25, 0.3) is 5.69 Å². The van der Waals surface area contributed by atoms with Crippen LogP contribution in [0.5, 0.6) is 0 Å². The zero-order chi connectivity index (χ0) is 14.8. The molecule has 1 aromatic carbocycles. The van der Waals surface area contributed by atoms with Gasteiger partial charge >= 0.3 is 0 Å². The second kappa shape index (κ2) is 8.85. The Morgan fingerprint density at radius 3 is 2.85 bits per heavy atom. The number of rotatable bonds is 9. The van der Waals surface area contributed by atoms with E-state index in [1.807, 2.05) is 6.07 Å². The van der Waals surface area contributed by atoms with Gasteiger partial charge in [0.2, 0.25) is 0 Å². The molecule has 0 atom stereocenters. The van der Waals surface area contributed by atoms with Gasteiger partial charge in [-0.2, -0.15) is 5.26 Å². The van der Waals surface area contributed by atoms with Crippen LogP contribution >= 0.6 is 0 Å². The van der Waals surface area contributed by atoms with Crippen LogP contribution in [0.4, 0.5) is 11.4 Å². The summed E-state index contributed by atoms with van der Waals surface area (Å²) in [5.74, 6) is 0. The molecule has 20 heavy (non-hydrogen) atoms. The molecule has 0 aromatic heterocycles. The Kier molecular flexibility index (Phi) is 7.03. The minimum Gasteiger partial charge on any atom is -0.382 e. The van der Waals surface area contributed by atoms with Gasteiger partial charge in [0.1, 0.15) is 5.69 Å². The van der Waals surface area contributed by atoms with Crippen molar-refractivity contribution in [3.63, 3.8) is 0 Å². The highest BCUT2D eigenvalue weighted by atomic mass is 16.6. The average molecular weight is 279 g/mol. The number of nitro groups is 1. The Labute approximate surface area is 117 Å². The van der Waals surface area contributed by atoms with Crippen LogP contribution in [0.1, 0.15) is 12.0 Å². The molecule has 0 radical (unpaired) electrons. The molecule has 0 spiro atoms. The Morgan fingerprint density at radius 1 is 1.40 bits per heavy atom. The highest BCUT2D eigenvalue weighted by Gasteiger charge is 2.13. The van der Waals surface area contributed by atoms with Crippen LogP contribution in [-0.2, 0) is 9.47 Å². The molecule has 0 saturated carbocycles. The predicted molar refractivity (Wildman–Crippen MR) is 73.6 cm³/mol. The molecule has 0 bridgehead atoms. The first-order chi connectivity index (χ1) is 9.69. The quantitative estimate of drug-likeness (QED) is 0.421. The van der Waals surface area contributed by atoms with Crippen molar-refractivity contribution in [3.05, 3.63) is 33.9 Å². The number of hydrogen-bond donors (Lipinski definition) is 1. The molecular weight excluding hydrogens is 262 g/mol. The van der Waals surface area contributed by atoms with E-state index in [-0.39, 0.29) is 11.3 Å². The minimum absolute atomic E-state index is 0.0932. The van der Waals surface area contributed by atoms with Crippen molar-refractivity contribution in [2.24, 2.45) is 0 Å². The van der Waals surface area contributed by atoms with E-state index in [0.29, 0.717) is 32.1 Å². The van der Waals surface area contributed by atoms with E-state index in [1.54, 1.807) is 19.2 Å². The monoisotopic (exact) mass is 279 g/mol. The highest BCUT2D eigenvalue weighted by molar-refractivity contribution is 5.63. The van der Waals surface area contributed by atoms with Crippen molar-refractivity contribution in [2.75, 3.05) is 38.8 Å². The third kappa shape index (κ3) is 5.22. The van der Waals surface area contributed by atoms with Crippen LogP contribution in [0.2, 0.25) is 0 Å². The Hall–Kier alpha value is -2.17. The lowest BCUT2D eigenvalue weighted by Crippen LogP contribution is -2.09. The number of nitriles is 1. The fourth-order valence-electron chi connectivity index (χ4n) is 1.54. The number of methoxy groups -OCH3 is 1. The SMILES string of the molecule is COCCOCCCNc1ccc(C#N)cc1[N+](=O)[O-]. The normalized spacial score (nSPS) is 10.0. The van der Waals surface area contributed by atoms with Crippen molar-refractivity contribution in [2.45, 2.75) is 6.42 Å². The fraction of sp³-hybridized carbons (Fsp3) is 0.462. The molecule has 0 unspecified atom stereocenters. The van der Waals surface area contributed by atoms with Crippen LogP contribution in [0, 0.1) is 21.4 Å². The van der Waals surface area contributed by atoms with Gasteiger partial charge in [-0.1, -0.05) is 0 Å². The molecule has 0 amide bonds. The van der Waals surface area contributed by atoms with Gasteiger partial charge in [-0.25, -0.2) is 0 Å². The summed E-state index contributed by atoms with van der Waals surface area (Å²) in [7, 11) is 1.61. The van der Waals surface area contributed by atoms with Gasteiger partial charge in [-0.05, 0) is 18.6 Å². The minimum atomic E-state index is -0.502. The summed E-state index contributed by atoms with van der Waals surface area (Å²) in [5.41, 5.74) is 0.584. The zero-order valence-electron chi connectivity index (χ0n) is 11.3. The molecule has 0 saturated heterocycles. The van der Waals surface area contributed by atoms with Crippen molar-refractivity contribution in [1.82, 2.24) is 0 Å². The third-order valence-corrected chi connectivity index (χ3v) is 2.54. The lowest BCUT2D eigenvalue weighted by atomic mass is 10.2. The Balaban J connectivity index is 2.44. The number of nitrogens with zero attached hydrogens (tertiary/aromatic N) is 2. The van der Waals surface area contributed by atoms with Gasteiger partial charge in [0.05, 0.1) is 29.8 Å². The lowest BCUT2D eigenvalue weighted by molar-refractivity contribution is -0.384. The molecule has 0 aliphatic rings. The first-order valence-electron chi connectivity index (χ1n) is 6.18. The van der Waals surface area contributed by atoms with E-state index in [0.717, 1.165) is 6.42 Å². The average Bonchev–Trinajstić information content (AvgIpc) is 2.46. The first-order valence-corrected chi connectivity index (χ1v) is 6.18. The third-order valence-electron chi connectivity index (χ3n) is 2.54. The van der Waals surface area contributed by atoms with E-state index in [4.69, 9.17) is 14.7 Å². The number of anilines is 1. The second-order valence-corrected chi connectivity index (χ2v) is 3.99. The molecule has 7 nitrogen and oxygen atoms in total. The number of nitrogens with one attached hydrogen (secondary N) is 1. The summed E-state index contributed by atoms with van der Waals surface area (Å²) < 4.78 is 10.1. The van der Waals surface area contributed by atoms with E-state index in [1.165, 1.54) is 6.07 Å². The van der Waals surface area contributed by atoms with Crippen molar-refractivity contribution >= 4 is 11.4 Å². The van der Waals surface area contributed by atoms with Crippen molar-refractivity contribution in [1.29, 1.82) is 5.26 Å². The molecule has 108 valence electrons. The maximum absolute atomic E-state index is 10.9. The number of nitro benzene ring substituents is 1. The summed E-state index contributed by atoms with van der Waals surface area (Å²) in [4.78, 5) is 10.4. The van der Waals surface area contributed by atoms with Crippen LogP contribution < -0.4 is 5.32 Å². The van der Waals surface area contributed by atoms with E-state index in [2.05, 4.69) is 5.32 Å². The number of hydrogen-bond acceptors (Lipinski definition) is 6. The summed E-state index contributed by atoms with van der Waals surface area (Å²) in [6.45, 7) is 2.20. The zero-order valence-corrected chi connectivity index (χ0v) is 11.3. The Bertz CT molecular complexity index is 485. The van der Waals surface area contributed by atoms with Crippen LogP contribution in [-0.4, -0.2) is 38.4 Å². The van der Waals surface area contributed by atoms with Gasteiger partial charge in [-0.3, -0.25) is 10.1 Å². The predicted octanol–water partition coefficient (Wildman–Crippen LogP) is 1.93. The van der Waals surface area contributed by atoms with Crippen molar-refractivity contribution in [3.8, 4) is 6.07 Å². The smallest absolute Gasteiger partial charge is 0.293 e. The molecule has 0 aliphatic carbocycles. The maximum Gasteiger partial charge on any atom is 0.293 e. The summed E-state index contributed by atoms with van der Waals surface area (Å²) >= 11 is 0. The fourth-order valence-corrected chi connectivity index (χ4v) is 1.54. The molecule has 1 N–H and O–H groups in total. The topological polar surface area (TPSA) is 97.4 Å². The standard InChI is InChI=1S/C13H17N3O4/c1-19-7-8-20-6-2-5-15-12-4-3-11(10-14)9-13(12)16(17)18/h3-4,9,15H,2,5-8H2,1H3. The van der Waals surface area contributed by atoms with E-state index < -0.39 is 4.92 Å². The molecule has 1 rings (SSSR count). The molecule has 1 aromatic rings. The Morgan fingerprint density at radius 2 is 2.20 bits per heavy atom. The molecule has 0 heterocycles. The lowest BCUT2D eigenvalue weighted by Gasteiger charge is -2.07. The van der Waals surface area contributed by atoms with E-state index >= 15 is 0 Å². The first kappa shape index (κ1) is 15.9. The van der Waals surface area contributed by atoms with Gasteiger partial charge in [0, 0.05) is 26.3 Å². The number of ether oxygens (including phenoxy) is 2. The van der Waals surface area contributed by atoms with E-state index in [9.17, 15) is 10.1 Å². The van der Waals surface area contributed by atoms with Gasteiger partial charge in [-0.15, -0.1) is 0 Å². The second-order valence-electron chi connectivity index (χ2n) is 3.99. The number of benzene rings is 1. The summed E-state index contributed by atoms with van der Waals surface area (Å²) in [6, 6.07) is 6.23.